The van der Waals surface area contributed by atoms with Crippen molar-refractivity contribution in [3.8, 4) is 5.75 Å². The maximum atomic E-state index is 12.4. The van der Waals surface area contributed by atoms with Gasteiger partial charge >= 0.3 is 0 Å². The summed E-state index contributed by atoms with van der Waals surface area (Å²) in [5.41, 5.74) is 1.42. The van der Waals surface area contributed by atoms with Gasteiger partial charge in [-0.1, -0.05) is 24.3 Å². The molecule has 0 aromatic heterocycles. The van der Waals surface area contributed by atoms with Gasteiger partial charge in [-0.3, -0.25) is 19.3 Å². The van der Waals surface area contributed by atoms with E-state index in [1.54, 1.807) is 36.4 Å². The van der Waals surface area contributed by atoms with Crippen molar-refractivity contribution in [2.75, 3.05) is 32.2 Å². The number of amides is 3. The first kappa shape index (κ1) is 22.1. The van der Waals surface area contributed by atoms with Gasteiger partial charge in [-0.25, -0.2) is 0 Å². The molecule has 3 rings (SSSR count). The number of thioether (sulfide) groups is 1. The normalized spacial score (nSPS) is 15.0. The molecular formula is C21H19BrN2O5S. The van der Waals surface area contributed by atoms with E-state index < -0.39 is 0 Å². The van der Waals surface area contributed by atoms with Crippen molar-refractivity contribution in [1.82, 2.24) is 4.90 Å². The zero-order chi connectivity index (χ0) is 21.5. The van der Waals surface area contributed by atoms with Crippen LogP contribution in [0.4, 0.5) is 10.5 Å². The number of benzene rings is 2. The van der Waals surface area contributed by atoms with Gasteiger partial charge in [0, 0.05) is 12.8 Å². The van der Waals surface area contributed by atoms with Crippen LogP contribution in [-0.2, 0) is 14.3 Å². The van der Waals surface area contributed by atoms with Crippen molar-refractivity contribution in [3.05, 3.63) is 63.5 Å². The van der Waals surface area contributed by atoms with E-state index in [2.05, 4.69) is 21.2 Å². The van der Waals surface area contributed by atoms with Crippen molar-refractivity contribution >= 4 is 56.5 Å². The van der Waals surface area contributed by atoms with Crippen LogP contribution in [0.15, 0.2) is 57.9 Å². The number of rotatable bonds is 8. The van der Waals surface area contributed by atoms with Crippen LogP contribution in [0.3, 0.4) is 0 Å². The number of carbonyl (C=O) groups excluding carboxylic acids is 3. The van der Waals surface area contributed by atoms with Crippen molar-refractivity contribution in [2.45, 2.75) is 0 Å². The number of nitrogens with one attached hydrogen (secondary N) is 1. The van der Waals surface area contributed by atoms with Crippen LogP contribution >= 0.6 is 27.7 Å². The fraction of sp³-hybridized carbons (Fsp3) is 0.190. The Morgan fingerprint density at radius 2 is 1.97 bits per heavy atom. The summed E-state index contributed by atoms with van der Waals surface area (Å²) in [6, 6.07) is 14.3. The maximum Gasteiger partial charge on any atom is 0.293 e. The first-order valence-electron chi connectivity index (χ1n) is 8.99. The molecule has 1 fully saturated rings. The number of methoxy groups -OCH3 is 1. The lowest BCUT2D eigenvalue weighted by molar-refractivity contribution is -0.123. The second-order valence-electron chi connectivity index (χ2n) is 6.22. The van der Waals surface area contributed by atoms with Crippen LogP contribution < -0.4 is 10.1 Å². The highest BCUT2D eigenvalue weighted by molar-refractivity contribution is 9.10. The monoisotopic (exact) mass is 490 g/mol. The van der Waals surface area contributed by atoms with Crippen molar-refractivity contribution in [2.24, 2.45) is 0 Å². The first-order chi connectivity index (χ1) is 14.5. The van der Waals surface area contributed by atoms with Gasteiger partial charge in [0.2, 0.25) is 0 Å². The standard InChI is InChI=1S/C21H19BrN2O5S/c1-28-10-9-24-20(26)18(30-21(24)27)12-14-7-8-17(16(22)11-14)29-13-19(25)23-15-5-3-2-4-6-15/h2-8,11-12H,9-10,13H2,1H3,(H,23,25)/b18-12+. The number of para-hydroxylation sites is 1. The van der Waals surface area contributed by atoms with Crippen molar-refractivity contribution in [3.63, 3.8) is 0 Å². The van der Waals surface area contributed by atoms with Gasteiger partial charge in [-0.2, -0.15) is 0 Å². The molecule has 3 amide bonds. The molecule has 1 aliphatic rings. The summed E-state index contributed by atoms with van der Waals surface area (Å²) in [5, 5.41) is 2.43. The third-order valence-corrected chi connectivity index (χ3v) is 5.59. The molecule has 0 unspecified atom stereocenters. The molecule has 1 heterocycles. The number of hydrogen-bond donors (Lipinski definition) is 1. The second-order valence-corrected chi connectivity index (χ2v) is 8.07. The van der Waals surface area contributed by atoms with Gasteiger partial charge in [0.15, 0.2) is 6.61 Å². The minimum atomic E-state index is -0.337. The van der Waals surface area contributed by atoms with E-state index in [1.807, 2.05) is 18.2 Å². The van der Waals surface area contributed by atoms with Gasteiger partial charge in [0.25, 0.3) is 17.1 Å². The summed E-state index contributed by atoms with van der Waals surface area (Å²) >= 11 is 4.31. The van der Waals surface area contributed by atoms with Gasteiger partial charge in [0.1, 0.15) is 5.75 Å². The maximum absolute atomic E-state index is 12.4. The number of ether oxygens (including phenoxy) is 2. The molecule has 1 aliphatic heterocycles. The third kappa shape index (κ3) is 5.71. The molecule has 2 aromatic carbocycles. The molecule has 0 radical (unpaired) electrons. The SMILES string of the molecule is COCCN1C(=O)S/C(=C/c2ccc(OCC(=O)Nc3ccccc3)c(Br)c2)C1=O. The fourth-order valence-electron chi connectivity index (χ4n) is 2.61. The summed E-state index contributed by atoms with van der Waals surface area (Å²) < 4.78 is 11.1. The van der Waals surface area contributed by atoms with E-state index in [1.165, 1.54) is 7.11 Å². The van der Waals surface area contributed by atoms with Crippen molar-refractivity contribution in [1.29, 1.82) is 0 Å². The summed E-state index contributed by atoms with van der Waals surface area (Å²) in [4.78, 5) is 37.9. The Hall–Kier alpha value is -2.62. The molecule has 0 bridgehead atoms. The smallest absolute Gasteiger partial charge is 0.293 e. The molecule has 1 N–H and O–H groups in total. The predicted molar refractivity (Wildman–Crippen MR) is 119 cm³/mol. The molecule has 9 heteroatoms. The number of nitrogens with zero attached hydrogens (tertiary/aromatic N) is 1. The summed E-state index contributed by atoms with van der Waals surface area (Å²) in [7, 11) is 1.52. The molecule has 0 atom stereocenters. The van der Waals surface area contributed by atoms with Gasteiger partial charge in [0.05, 0.1) is 22.5 Å². The highest BCUT2D eigenvalue weighted by atomic mass is 79.9. The summed E-state index contributed by atoms with van der Waals surface area (Å²) in [6.07, 6.45) is 1.65. The Morgan fingerprint density at radius 1 is 1.20 bits per heavy atom. The molecule has 0 aliphatic carbocycles. The number of anilines is 1. The van der Waals surface area contributed by atoms with E-state index in [4.69, 9.17) is 9.47 Å². The quantitative estimate of drug-likeness (QED) is 0.559. The first-order valence-corrected chi connectivity index (χ1v) is 10.6. The molecule has 7 nitrogen and oxygen atoms in total. The molecule has 0 saturated carbocycles. The minimum absolute atomic E-state index is 0.148. The van der Waals surface area contributed by atoms with Gasteiger partial charge < -0.3 is 14.8 Å². The lowest BCUT2D eigenvalue weighted by Crippen LogP contribution is -2.31. The Bertz CT molecular complexity index is 981. The average molecular weight is 491 g/mol. The van der Waals surface area contributed by atoms with E-state index in [0.717, 1.165) is 22.2 Å². The topological polar surface area (TPSA) is 84.9 Å². The lowest BCUT2D eigenvalue weighted by Gasteiger charge is -2.11. The Morgan fingerprint density at radius 3 is 2.67 bits per heavy atom. The number of carbonyl (C=O) groups is 3. The fourth-order valence-corrected chi connectivity index (χ4v) is 3.99. The zero-order valence-electron chi connectivity index (χ0n) is 16.1. The van der Waals surface area contributed by atoms with E-state index in [0.29, 0.717) is 27.4 Å². The lowest BCUT2D eigenvalue weighted by atomic mass is 10.2. The Balaban J connectivity index is 1.61. The second kappa shape index (κ2) is 10.4. The molecule has 30 heavy (non-hydrogen) atoms. The van der Waals surface area contributed by atoms with E-state index >= 15 is 0 Å². The molecule has 0 spiro atoms. The van der Waals surface area contributed by atoms with Crippen LogP contribution in [0.1, 0.15) is 5.56 Å². The van der Waals surface area contributed by atoms with Crippen LogP contribution in [0.5, 0.6) is 5.75 Å². The van der Waals surface area contributed by atoms with Crippen LogP contribution in [0, 0.1) is 0 Å². The molecule has 2 aromatic rings. The van der Waals surface area contributed by atoms with Crippen molar-refractivity contribution < 1.29 is 23.9 Å². The van der Waals surface area contributed by atoms with Gasteiger partial charge in [-0.05, 0) is 63.6 Å². The van der Waals surface area contributed by atoms with Crippen LogP contribution in [-0.4, -0.2) is 48.8 Å². The van der Waals surface area contributed by atoms with E-state index in [9.17, 15) is 14.4 Å². The highest BCUT2D eigenvalue weighted by Gasteiger charge is 2.34. The Labute approximate surface area is 186 Å². The largest absolute Gasteiger partial charge is 0.483 e. The molecule has 156 valence electrons. The molecule has 1 saturated heterocycles. The van der Waals surface area contributed by atoms with Gasteiger partial charge in [-0.15, -0.1) is 0 Å². The predicted octanol–water partition coefficient (Wildman–Crippen LogP) is 4.15. The van der Waals surface area contributed by atoms with Crippen LogP contribution in [0.25, 0.3) is 6.08 Å². The number of halogens is 1. The average Bonchev–Trinajstić information content (AvgIpc) is 2.99. The van der Waals surface area contributed by atoms with Crippen LogP contribution in [0.2, 0.25) is 0 Å². The van der Waals surface area contributed by atoms with E-state index in [-0.39, 0.29) is 30.2 Å². The number of imide groups is 1. The third-order valence-electron chi connectivity index (χ3n) is 4.06. The molecular weight excluding hydrogens is 472 g/mol. The summed E-state index contributed by atoms with van der Waals surface area (Å²) in [5.74, 6) is -0.124. The minimum Gasteiger partial charge on any atom is -0.483 e. The number of hydrogen-bond acceptors (Lipinski definition) is 6. The summed E-state index contributed by atoms with van der Waals surface area (Å²) in [6.45, 7) is 0.367. The Kier molecular flexibility index (Phi) is 7.67. The highest BCUT2D eigenvalue weighted by Crippen LogP contribution is 2.33. The zero-order valence-corrected chi connectivity index (χ0v) is 18.5.